The summed E-state index contributed by atoms with van der Waals surface area (Å²) in [7, 11) is 0. The second kappa shape index (κ2) is 3.01. The minimum absolute atomic E-state index is 0.933. The Labute approximate surface area is 47.0 Å². The third-order valence-electron chi connectivity index (χ3n) is 0.816. The zero-order valence-corrected chi connectivity index (χ0v) is 9.99. The summed E-state index contributed by atoms with van der Waals surface area (Å²) in [6, 6.07) is 0. The molecule has 0 saturated carbocycles. The van der Waals surface area contributed by atoms with E-state index in [1.807, 2.05) is 0 Å². The third kappa shape index (κ3) is 4.80. The fourth-order valence-corrected chi connectivity index (χ4v) is 0. The molecule has 0 bridgehead atoms. The van der Waals surface area contributed by atoms with Crippen molar-refractivity contribution in [2.75, 3.05) is 0 Å². The van der Waals surface area contributed by atoms with Gasteiger partial charge in [0, 0.05) is 0 Å². The summed E-state index contributed by atoms with van der Waals surface area (Å²) in [5, 5.41) is 0. The van der Waals surface area contributed by atoms with Gasteiger partial charge < -0.3 is 0 Å². The van der Waals surface area contributed by atoms with Crippen molar-refractivity contribution in [1.29, 1.82) is 0 Å². The molecule has 0 rings (SSSR count). The fraction of sp³-hybridized carbons (Fsp3) is 1.00. The zero-order valence-electron chi connectivity index (χ0n) is 4.28. The molecule has 0 amide bonds. The van der Waals surface area contributed by atoms with Gasteiger partial charge in [-0.3, -0.25) is 0 Å². The Hall–Kier alpha value is 0.799. The monoisotopic (exact) mass is 180 g/mol. The Morgan fingerprint density at radius 2 is 2.00 bits per heavy atom. The van der Waals surface area contributed by atoms with E-state index in [0.717, 1.165) is 26.5 Å². The van der Waals surface area contributed by atoms with Gasteiger partial charge in [0.15, 0.2) is 0 Å². The van der Waals surface area contributed by atoms with E-state index >= 15 is 0 Å². The Bertz CT molecular complexity index is 17.6. The molecular formula is C4H12Sn. The summed E-state index contributed by atoms with van der Waals surface area (Å²) in [4.78, 5) is 0. The molecule has 0 aliphatic heterocycles. The molecule has 0 aliphatic rings. The predicted octanol–water partition coefficient (Wildman–Crippen LogP) is 0.570. The molecule has 0 aliphatic carbocycles. The van der Waals surface area contributed by atoms with Gasteiger partial charge in [0.05, 0.1) is 0 Å². The van der Waals surface area contributed by atoms with E-state index < -0.39 is 0 Å². The van der Waals surface area contributed by atoms with Gasteiger partial charge in [-0.05, 0) is 0 Å². The number of rotatable bonds is 1. The Balaban J connectivity index is 2.54. The van der Waals surface area contributed by atoms with Crippen molar-refractivity contribution in [2.45, 2.75) is 24.2 Å². The van der Waals surface area contributed by atoms with Crippen LogP contribution in [0.1, 0.15) is 20.3 Å². The van der Waals surface area contributed by atoms with Crippen LogP contribution < -0.4 is 0 Å². The Kier molecular flexibility index (Phi) is 3.49. The van der Waals surface area contributed by atoms with Crippen LogP contribution in [0.4, 0.5) is 0 Å². The molecule has 0 saturated heterocycles. The van der Waals surface area contributed by atoms with Crippen LogP contribution in [-0.4, -0.2) is 22.5 Å². The van der Waals surface area contributed by atoms with Crippen LogP contribution >= 0.6 is 0 Å². The SMILES string of the molecule is CC[CH](C)[SnH3]. The van der Waals surface area contributed by atoms with Gasteiger partial charge in [0.2, 0.25) is 0 Å². The first-order valence-corrected chi connectivity index (χ1v) is 5.57. The van der Waals surface area contributed by atoms with Crippen molar-refractivity contribution >= 4 is 22.5 Å². The van der Waals surface area contributed by atoms with Crippen LogP contribution in [0.25, 0.3) is 0 Å². The molecule has 0 N–H and O–H groups in total. The molecule has 1 heteroatoms. The van der Waals surface area contributed by atoms with E-state index in [1.54, 1.807) is 0 Å². The van der Waals surface area contributed by atoms with Crippen molar-refractivity contribution in [2.24, 2.45) is 0 Å². The van der Waals surface area contributed by atoms with Crippen LogP contribution in [0, 0.1) is 0 Å². The second-order valence-corrected chi connectivity index (χ2v) is 7.43. The molecule has 1 unspecified atom stereocenters. The summed E-state index contributed by atoms with van der Waals surface area (Å²) < 4.78 is 1.09. The minimum atomic E-state index is 0.933. The molecule has 0 aromatic rings. The van der Waals surface area contributed by atoms with Gasteiger partial charge in [-0.1, -0.05) is 0 Å². The molecule has 0 fully saturated rings. The average Bonchev–Trinajstić information content (AvgIpc) is 1.38. The fourth-order valence-electron chi connectivity index (χ4n) is 0. The molecule has 5 heavy (non-hydrogen) atoms. The van der Waals surface area contributed by atoms with Gasteiger partial charge in [0.25, 0.3) is 0 Å². The van der Waals surface area contributed by atoms with Crippen LogP contribution in [0.15, 0.2) is 0 Å². The number of hydrogen-bond donors (Lipinski definition) is 0. The van der Waals surface area contributed by atoms with Crippen LogP contribution in [0.5, 0.6) is 0 Å². The standard InChI is InChI=1S/C4H9.Sn.3H/c1-3-4-2;;;;/h3H,4H2,1-2H3;;;;. The summed E-state index contributed by atoms with van der Waals surface area (Å²) in [5.41, 5.74) is 0. The molecule has 0 heterocycles. The first-order valence-electron chi connectivity index (χ1n) is 2.27. The topological polar surface area (TPSA) is 0 Å². The quantitative estimate of drug-likeness (QED) is 0.516. The van der Waals surface area contributed by atoms with Crippen molar-refractivity contribution in [3.8, 4) is 0 Å². The van der Waals surface area contributed by atoms with Crippen LogP contribution in [-0.2, 0) is 0 Å². The van der Waals surface area contributed by atoms with E-state index in [9.17, 15) is 0 Å². The molecule has 0 spiro atoms. The van der Waals surface area contributed by atoms with E-state index in [1.165, 1.54) is 6.42 Å². The van der Waals surface area contributed by atoms with E-state index in [4.69, 9.17) is 0 Å². The summed E-state index contributed by atoms with van der Waals surface area (Å²) in [6.07, 6.45) is 1.40. The normalized spacial score (nSPS) is 15.6. The first-order chi connectivity index (χ1) is 2.27. The van der Waals surface area contributed by atoms with Crippen molar-refractivity contribution in [3.63, 3.8) is 0 Å². The first kappa shape index (κ1) is 5.80. The number of hydrogen-bond acceptors (Lipinski definition) is 0. The molecule has 0 aromatic carbocycles. The predicted molar refractivity (Wildman–Crippen MR) is 29.7 cm³/mol. The molecular weight excluding hydrogens is 167 g/mol. The molecule has 32 valence electrons. The van der Waals surface area contributed by atoms with Crippen LogP contribution in [0.3, 0.4) is 0 Å². The molecule has 0 nitrogen and oxygen atoms in total. The van der Waals surface area contributed by atoms with Crippen molar-refractivity contribution in [1.82, 2.24) is 0 Å². The summed E-state index contributed by atoms with van der Waals surface area (Å²) >= 11 is 0.933. The van der Waals surface area contributed by atoms with Crippen molar-refractivity contribution in [3.05, 3.63) is 0 Å². The second-order valence-electron chi connectivity index (χ2n) is 1.80. The maximum atomic E-state index is 2.32. The van der Waals surface area contributed by atoms with Gasteiger partial charge in [-0.15, -0.1) is 0 Å². The third-order valence-corrected chi connectivity index (χ3v) is 3.15. The summed E-state index contributed by atoms with van der Waals surface area (Å²) in [5.74, 6) is 0. The van der Waals surface area contributed by atoms with Gasteiger partial charge in [-0.2, -0.15) is 0 Å². The van der Waals surface area contributed by atoms with Crippen molar-refractivity contribution < 1.29 is 0 Å². The van der Waals surface area contributed by atoms with E-state index in [2.05, 4.69) is 13.8 Å². The van der Waals surface area contributed by atoms with E-state index in [-0.39, 0.29) is 0 Å². The Morgan fingerprint density at radius 3 is 2.00 bits per heavy atom. The van der Waals surface area contributed by atoms with E-state index in [0.29, 0.717) is 0 Å². The Morgan fingerprint density at radius 1 is 1.80 bits per heavy atom. The van der Waals surface area contributed by atoms with Gasteiger partial charge in [0.1, 0.15) is 0 Å². The maximum absolute atomic E-state index is 2.32. The molecule has 1 atom stereocenters. The van der Waals surface area contributed by atoms with Crippen LogP contribution in [0.2, 0.25) is 3.93 Å². The average molecular weight is 179 g/mol. The zero-order chi connectivity index (χ0) is 4.28. The molecule has 0 aromatic heterocycles. The van der Waals surface area contributed by atoms with Gasteiger partial charge >= 0.3 is 46.7 Å². The summed E-state index contributed by atoms with van der Waals surface area (Å²) in [6.45, 7) is 4.57. The molecule has 0 radical (unpaired) electrons. The van der Waals surface area contributed by atoms with Gasteiger partial charge in [-0.25, -0.2) is 0 Å².